The number of para-hydroxylation sites is 1. The van der Waals surface area contributed by atoms with Crippen molar-refractivity contribution in [1.29, 1.82) is 0 Å². The summed E-state index contributed by atoms with van der Waals surface area (Å²) in [5, 5.41) is 2.87. The standard InChI is InChI=1S/C18H19NO2/c20-18(21-15-10-4-5-11-15)19-17-13-7-6-12-16(17)14-8-2-1-3-9-14/h1-3,6-9,12-13,15H,4-5,10-11H2,(H,19,20). The van der Waals surface area contributed by atoms with E-state index in [9.17, 15) is 4.79 Å². The van der Waals surface area contributed by atoms with Crippen LogP contribution in [0, 0.1) is 0 Å². The molecule has 21 heavy (non-hydrogen) atoms. The molecule has 1 amide bonds. The first-order chi connectivity index (χ1) is 10.3. The monoisotopic (exact) mass is 281 g/mol. The molecular formula is C18H19NO2. The van der Waals surface area contributed by atoms with Crippen LogP contribution < -0.4 is 5.32 Å². The Balaban J connectivity index is 1.74. The predicted octanol–water partition coefficient (Wildman–Crippen LogP) is 4.84. The molecule has 0 aromatic heterocycles. The van der Waals surface area contributed by atoms with Crippen molar-refractivity contribution in [2.45, 2.75) is 31.8 Å². The fourth-order valence-electron chi connectivity index (χ4n) is 2.76. The summed E-state index contributed by atoms with van der Waals surface area (Å²) >= 11 is 0. The molecule has 2 aromatic rings. The zero-order valence-corrected chi connectivity index (χ0v) is 11.9. The van der Waals surface area contributed by atoms with Gasteiger partial charge in [0, 0.05) is 5.56 Å². The number of hydrogen-bond acceptors (Lipinski definition) is 2. The Morgan fingerprint density at radius 3 is 2.38 bits per heavy atom. The summed E-state index contributed by atoms with van der Waals surface area (Å²) in [4.78, 5) is 12.0. The van der Waals surface area contributed by atoms with Crippen molar-refractivity contribution in [3.63, 3.8) is 0 Å². The fourth-order valence-corrected chi connectivity index (χ4v) is 2.76. The molecule has 3 rings (SSSR count). The van der Waals surface area contributed by atoms with Crippen LogP contribution in [-0.4, -0.2) is 12.2 Å². The molecule has 0 saturated heterocycles. The Bertz CT molecular complexity index is 604. The molecule has 1 aliphatic carbocycles. The molecule has 0 unspecified atom stereocenters. The van der Waals surface area contributed by atoms with E-state index in [0.29, 0.717) is 0 Å². The highest BCUT2D eigenvalue weighted by Crippen LogP contribution is 2.28. The number of benzene rings is 2. The van der Waals surface area contributed by atoms with Crippen LogP contribution in [0.25, 0.3) is 11.1 Å². The van der Waals surface area contributed by atoms with E-state index in [-0.39, 0.29) is 12.2 Å². The van der Waals surface area contributed by atoms with Crippen LogP contribution in [0.1, 0.15) is 25.7 Å². The second-order valence-electron chi connectivity index (χ2n) is 5.35. The van der Waals surface area contributed by atoms with Gasteiger partial charge in [-0.1, -0.05) is 48.5 Å². The molecule has 1 saturated carbocycles. The quantitative estimate of drug-likeness (QED) is 0.873. The Labute approximate surface area is 124 Å². The average Bonchev–Trinajstić information content (AvgIpc) is 3.01. The van der Waals surface area contributed by atoms with Gasteiger partial charge >= 0.3 is 6.09 Å². The van der Waals surface area contributed by atoms with Crippen LogP contribution in [-0.2, 0) is 4.74 Å². The zero-order valence-electron chi connectivity index (χ0n) is 11.9. The van der Waals surface area contributed by atoms with E-state index >= 15 is 0 Å². The molecule has 0 atom stereocenters. The normalized spacial score (nSPS) is 14.9. The van der Waals surface area contributed by atoms with E-state index < -0.39 is 0 Å². The minimum Gasteiger partial charge on any atom is -0.446 e. The smallest absolute Gasteiger partial charge is 0.411 e. The number of ether oxygens (including phenoxy) is 1. The Hall–Kier alpha value is -2.29. The van der Waals surface area contributed by atoms with Gasteiger partial charge in [-0.25, -0.2) is 4.79 Å². The van der Waals surface area contributed by atoms with Crippen LogP contribution in [0.3, 0.4) is 0 Å². The van der Waals surface area contributed by atoms with Crippen molar-refractivity contribution in [2.24, 2.45) is 0 Å². The largest absolute Gasteiger partial charge is 0.446 e. The molecule has 0 bridgehead atoms. The summed E-state index contributed by atoms with van der Waals surface area (Å²) in [6, 6.07) is 17.8. The number of anilines is 1. The summed E-state index contributed by atoms with van der Waals surface area (Å²) in [6.07, 6.45) is 3.98. The second-order valence-corrected chi connectivity index (χ2v) is 5.35. The van der Waals surface area contributed by atoms with Crippen LogP contribution in [0.5, 0.6) is 0 Å². The Morgan fingerprint density at radius 2 is 1.62 bits per heavy atom. The molecule has 1 N–H and O–H groups in total. The number of nitrogens with one attached hydrogen (secondary N) is 1. The summed E-state index contributed by atoms with van der Waals surface area (Å²) < 4.78 is 5.46. The van der Waals surface area contributed by atoms with Gasteiger partial charge in [0.15, 0.2) is 0 Å². The second kappa shape index (κ2) is 6.44. The summed E-state index contributed by atoms with van der Waals surface area (Å²) in [6.45, 7) is 0. The minimum absolute atomic E-state index is 0.0777. The minimum atomic E-state index is -0.356. The first-order valence-corrected chi connectivity index (χ1v) is 7.45. The highest BCUT2D eigenvalue weighted by Gasteiger charge is 2.19. The lowest BCUT2D eigenvalue weighted by atomic mass is 10.0. The zero-order chi connectivity index (χ0) is 14.5. The SMILES string of the molecule is O=C(Nc1ccccc1-c1ccccc1)OC1CCCC1. The van der Waals surface area contributed by atoms with Gasteiger partial charge in [-0.05, 0) is 37.3 Å². The molecule has 0 spiro atoms. The highest BCUT2D eigenvalue weighted by molar-refractivity contribution is 5.91. The average molecular weight is 281 g/mol. The fraction of sp³-hybridized carbons (Fsp3) is 0.278. The lowest BCUT2D eigenvalue weighted by Crippen LogP contribution is -2.20. The lowest BCUT2D eigenvalue weighted by Gasteiger charge is -2.14. The van der Waals surface area contributed by atoms with E-state index in [1.54, 1.807) is 0 Å². The van der Waals surface area contributed by atoms with Crippen molar-refractivity contribution in [3.05, 3.63) is 54.6 Å². The van der Waals surface area contributed by atoms with E-state index in [0.717, 1.165) is 42.5 Å². The molecule has 0 radical (unpaired) electrons. The van der Waals surface area contributed by atoms with E-state index in [4.69, 9.17) is 4.74 Å². The van der Waals surface area contributed by atoms with E-state index in [1.165, 1.54) is 0 Å². The van der Waals surface area contributed by atoms with Crippen LogP contribution in [0.4, 0.5) is 10.5 Å². The molecule has 0 heterocycles. The molecular weight excluding hydrogens is 262 g/mol. The number of carbonyl (C=O) groups is 1. The molecule has 0 aliphatic heterocycles. The molecule has 1 fully saturated rings. The van der Waals surface area contributed by atoms with Gasteiger partial charge in [-0.15, -0.1) is 0 Å². The van der Waals surface area contributed by atoms with Crippen molar-refractivity contribution < 1.29 is 9.53 Å². The number of amides is 1. The third kappa shape index (κ3) is 3.43. The third-order valence-corrected chi connectivity index (χ3v) is 3.82. The molecule has 3 heteroatoms. The molecule has 3 nitrogen and oxygen atoms in total. The Morgan fingerprint density at radius 1 is 0.952 bits per heavy atom. The van der Waals surface area contributed by atoms with Crippen molar-refractivity contribution in [1.82, 2.24) is 0 Å². The van der Waals surface area contributed by atoms with E-state index in [2.05, 4.69) is 5.32 Å². The summed E-state index contributed by atoms with van der Waals surface area (Å²) in [7, 11) is 0. The first kappa shape index (κ1) is 13.7. The molecule has 2 aromatic carbocycles. The number of hydrogen-bond donors (Lipinski definition) is 1. The van der Waals surface area contributed by atoms with Crippen LogP contribution in [0.2, 0.25) is 0 Å². The topological polar surface area (TPSA) is 38.3 Å². The van der Waals surface area contributed by atoms with Gasteiger partial charge < -0.3 is 4.74 Å². The van der Waals surface area contributed by atoms with Crippen LogP contribution >= 0.6 is 0 Å². The number of rotatable bonds is 3. The van der Waals surface area contributed by atoms with Crippen molar-refractivity contribution in [2.75, 3.05) is 5.32 Å². The van der Waals surface area contributed by atoms with Gasteiger partial charge in [0.25, 0.3) is 0 Å². The van der Waals surface area contributed by atoms with Gasteiger partial charge in [0.2, 0.25) is 0 Å². The summed E-state index contributed by atoms with van der Waals surface area (Å²) in [5.41, 5.74) is 2.86. The van der Waals surface area contributed by atoms with Gasteiger partial charge in [-0.3, -0.25) is 5.32 Å². The van der Waals surface area contributed by atoms with Crippen LogP contribution in [0.15, 0.2) is 54.6 Å². The summed E-state index contributed by atoms with van der Waals surface area (Å²) in [5.74, 6) is 0. The van der Waals surface area contributed by atoms with Gasteiger partial charge in [0.05, 0.1) is 5.69 Å². The maximum atomic E-state index is 12.0. The van der Waals surface area contributed by atoms with Crippen molar-refractivity contribution >= 4 is 11.8 Å². The lowest BCUT2D eigenvalue weighted by molar-refractivity contribution is 0.114. The first-order valence-electron chi connectivity index (χ1n) is 7.45. The molecule has 1 aliphatic rings. The van der Waals surface area contributed by atoms with Crippen molar-refractivity contribution in [3.8, 4) is 11.1 Å². The highest BCUT2D eigenvalue weighted by atomic mass is 16.6. The number of carbonyl (C=O) groups excluding carboxylic acids is 1. The Kier molecular flexibility index (Phi) is 4.20. The maximum absolute atomic E-state index is 12.0. The maximum Gasteiger partial charge on any atom is 0.411 e. The van der Waals surface area contributed by atoms with Gasteiger partial charge in [-0.2, -0.15) is 0 Å². The predicted molar refractivity (Wildman–Crippen MR) is 84.2 cm³/mol. The molecule has 108 valence electrons. The van der Waals surface area contributed by atoms with Gasteiger partial charge in [0.1, 0.15) is 6.10 Å². The van der Waals surface area contributed by atoms with E-state index in [1.807, 2.05) is 54.6 Å². The third-order valence-electron chi connectivity index (χ3n) is 3.82.